The summed E-state index contributed by atoms with van der Waals surface area (Å²) in [6, 6.07) is 8.85. The van der Waals surface area contributed by atoms with Gasteiger partial charge in [0, 0.05) is 24.8 Å². The lowest BCUT2D eigenvalue weighted by molar-refractivity contribution is -0.119. The number of pyridine rings is 1. The van der Waals surface area contributed by atoms with Gasteiger partial charge in [0.2, 0.25) is 15.9 Å². The second-order valence-electron chi connectivity index (χ2n) is 7.79. The molecule has 1 amide bonds. The first-order chi connectivity index (χ1) is 13.7. The van der Waals surface area contributed by atoms with Crippen LogP contribution in [0.15, 0.2) is 41.4 Å². The van der Waals surface area contributed by atoms with Gasteiger partial charge in [-0.2, -0.15) is 0 Å². The number of carbonyl (C=O) groups excluding carboxylic acids is 1. The zero-order chi connectivity index (χ0) is 20.8. The van der Waals surface area contributed by atoms with Crippen molar-refractivity contribution in [3.05, 3.63) is 53.5 Å². The maximum Gasteiger partial charge on any atom is 0.240 e. The van der Waals surface area contributed by atoms with Gasteiger partial charge in [0.1, 0.15) is 5.82 Å². The molecule has 3 aromatic rings. The molecule has 1 aliphatic heterocycles. The van der Waals surface area contributed by atoms with Crippen LogP contribution in [-0.2, 0) is 26.7 Å². The van der Waals surface area contributed by atoms with Gasteiger partial charge in [0.05, 0.1) is 10.3 Å². The number of anilines is 1. The van der Waals surface area contributed by atoms with E-state index in [9.17, 15) is 13.2 Å². The van der Waals surface area contributed by atoms with Crippen molar-refractivity contribution < 1.29 is 13.2 Å². The van der Waals surface area contributed by atoms with Gasteiger partial charge in [-0.1, -0.05) is 6.07 Å². The molecule has 29 heavy (non-hydrogen) atoms. The number of benzene rings is 1. The summed E-state index contributed by atoms with van der Waals surface area (Å²) < 4.78 is 30.1. The number of fused-ring (bicyclic) bond motifs is 2. The predicted molar refractivity (Wildman–Crippen MR) is 109 cm³/mol. The zero-order valence-electron chi connectivity index (χ0n) is 16.6. The normalized spacial score (nSPS) is 15.5. The number of amides is 1. The molecule has 4 rings (SSSR count). The molecule has 0 atom stereocenters. The van der Waals surface area contributed by atoms with E-state index in [1.807, 2.05) is 28.8 Å². The largest absolute Gasteiger partial charge is 0.325 e. The van der Waals surface area contributed by atoms with Crippen LogP contribution in [0.25, 0.3) is 5.65 Å². The van der Waals surface area contributed by atoms with E-state index in [2.05, 4.69) is 20.2 Å². The third-order valence-corrected chi connectivity index (χ3v) is 6.79. The van der Waals surface area contributed by atoms with Gasteiger partial charge in [-0.05, 0) is 62.6 Å². The first kappa shape index (κ1) is 19.5. The lowest BCUT2D eigenvalue weighted by Crippen LogP contribution is -2.28. The van der Waals surface area contributed by atoms with Gasteiger partial charge >= 0.3 is 0 Å². The monoisotopic (exact) mass is 413 g/mol. The molecular weight excluding hydrogens is 390 g/mol. The molecule has 0 saturated carbocycles. The number of aromatic nitrogens is 3. The fraction of sp³-hybridized carbons (Fsp3) is 0.350. The van der Waals surface area contributed by atoms with Crippen molar-refractivity contribution in [2.24, 2.45) is 0 Å². The Hall–Kier alpha value is -2.78. The van der Waals surface area contributed by atoms with E-state index in [-0.39, 0.29) is 17.3 Å². The molecule has 0 bridgehead atoms. The zero-order valence-corrected chi connectivity index (χ0v) is 17.4. The molecule has 8 nitrogen and oxygen atoms in total. The fourth-order valence-corrected chi connectivity index (χ4v) is 4.74. The second kappa shape index (κ2) is 6.93. The third kappa shape index (κ3) is 3.40. The van der Waals surface area contributed by atoms with E-state index in [1.165, 1.54) is 0 Å². The van der Waals surface area contributed by atoms with Crippen molar-refractivity contribution in [1.82, 2.24) is 19.3 Å². The summed E-state index contributed by atoms with van der Waals surface area (Å²) in [4.78, 5) is 12.4. The first-order valence-electron chi connectivity index (χ1n) is 9.45. The molecule has 2 N–H and O–H groups in total. The maximum atomic E-state index is 12.8. The van der Waals surface area contributed by atoms with Crippen LogP contribution in [0.4, 0.5) is 5.69 Å². The Morgan fingerprint density at radius 2 is 2.00 bits per heavy atom. The van der Waals surface area contributed by atoms with Crippen molar-refractivity contribution in [3.63, 3.8) is 0 Å². The second-order valence-corrected chi connectivity index (χ2v) is 9.56. The summed E-state index contributed by atoms with van der Waals surface area (Å²) in [5.41, 5.74) is 2.15. The molecule has 2 aromatic heterocycles. The smallest absolute Gasteiger partial charge is 0.240 e. The quantitative estimate of drug-likeness (QED) is 0.603. The Morgan fingerprint density at radius 3 is 2.79 bits per heavy atom. The summed E-state index contributed by atoms with van der Waals surface area (Å²) in [5.74, 6) is 0.665. The molecule has 0 radical (unpaired) electrons. The number of sulfonamides is 1. The highest BCUT2D eigenvalue weighted by molar-refractivity contribution is 7.89. The molecule has 0 unspecified atom stereocenters. The maximum absolute atomic E-state index is 12.8. The number of nitrogens with one attached hydrogen (secondary N) is 2. The Bertz CT molecular complexity index is 1210. The van der Waals surface area contributed by atoms with E-state index < -0.39 is 15.4 Å². The van der Waals surface area contributed by atoms with Gasteiger partial charge in [0.15, 0.2) is 5.65 Å². The minimum absolute atomic E-state index is 0.126. The summed E-state index contributed by atoms with van der Waals surface area (Å²) in [7, 11) is -3.69. The van der Waals surface area contributed by atoms with Gasteiger partial charge in [0.25, 0.3) is 0 Å². The van der Waals surface area contributed by atoms with Crippen molar-refractivity contribution in [2.75, 3.05) is 11.9 Å². The number of hydrogen-bond acceptors (Lipinski definition) is 5. The average Bonchev–Trinajstić information content (AvgIpc) is 3.19. The minimum Gasteiger partial charge on any atom is -0.325 e. The molecule has 0 spiro atoms. The summed E-state index contributed by atoms with van der Waals surface area (Å²) >= 11 is 0. The molecule has 1 aliphatic rings. The van der Waals surface area contributed by atoms with Crippen molar-refractivity contribution >= 4 is 27.3 Å². The molecule has 0 fully saturated rings. The molecule has 152 valence electrons. The summed E-state index contributed by atoms with van der Waals surface area (Å²) in [6.07, 6.45) is 3.08. The average molecular weight is 414 g/mol. The molecule has 9 heteroatoms. The van der Waals surface area contributed by atoms with E-state index in [0.717, 1.165) is 17.0 Å². The Balaban J connectivity index is 1.46. The van der Waals surface area contributed by atoms with Crippen molar-refractivity contribution in [3.8, 4) is 0 Å². The molecule has 3 heterocycles. The predicted octanol–water partition coefficient (Wildman–Crippen LogP) is 2.18. The Morgan fingerprint density at radius 1 is 1.21 bits per heavy atom. The topological polar surface area (TPSA) is 105 Å². The van der Waals surface area contributed by atoms with Gasteiger partial charge in [-0.15, -0.1) is 10.2 Å². The lowest BCUT2D eigenvalue weighted by atomic mass is 9.85. The van der Waals surface area contributed by atoms with Crippen LogP contribution in [0.3, 0.4) is 0 Å². The van der Waals surface area contributed by atoms with Crippen LogP contribution >= 0.6 is 0 Å². The summed E-state index contributed by atoms with van der Waals surface area (Å²) in [5, 5.41) is 11.1. The van der Waals surface area contributed by atoms with Crippen LogP contribution < -0.4 is 10.0 Å². The van der Waals surface area contributed by atoms with Crippen LogP contribution in [0.2, 0.25) is 0 Å². The van der Waals surface area contributed by atoms with Crippen LogP contribution in [0.1, 0.15) is 37.2 Å². The van der Waals surface area contributed by atoms with Gasteiger partial charge < -0.3 is 5.32 Å². The summed E-state index contributed by atoms with van der Waals surface area (Å²) in [6.45, 7) is 5.66. The molecule has 0 aliphatic carbocycles. The molecule has 0 saturated heterocycles. The van der Waals surface area contributed by atoms with Gasteiger partial charge in [-0.25, -0.2) is 13.1 Å². The Labute approximate surface area is 169 Å². The molecule has 1 aromatic carbocycles. The van der Waals surface area contributed by atoms with Crippen molar-refractivity contribution in [1.29, 1.82) is 0 Å². The van der Waals surface area contributed by atoms with Crippen LogP contribution in [0, 0.1) is 6.92 Å². The SMILES string of the molecule is Cc1cc(S(=O)(=O)NCCCc2nnc3ccccn23)cc2c1NC(=O)C2(C)C. The van der Waals surface area contributed by atoms with E-state index in [0.29, 0.717) is 24.1 Å². The third-order valence-electron chi connectivity index (χ3n) is 5.35. The van der Waals surface area contributed by atoms with Crippen LogP contribution in [0.5, 0.6) is 0 Å². The highest BCUT2D eigenvalue weighted by Crippen LogP contribution is 2.40. The number of aryl methyl sites for hydroxylation is 2. The highest BCUT2D eigenvalue weighted by atomic mass is 32.2. The van der Waals surface area contributed by atoms with Crippen LogP contribution in [-0.4, -0.2) is 35.5 Å². The number of carbonyl (C=O) groups is 1. The van der Waals surface area contributed by atoms with Crippen molar-refractivity contribution in [2.45, 2.75) is 43.9 Å². The first-order valence-corrected chi connectivity index (χ1v) is 10.9. The van der Waals surface area contributed by atoms with E-state index >= 15 is 0 Å². The van der Waals surface area contributed by atoms with E-state index in [1.54, 1.807) is 32.9 Å². The lowest BCUT2D eigenvalue weighted by Gasteiger charge is -2.17. The number of nitrogens with zero attached hydrogens (tertiary/aromatic N) is 3. The number of hydrogen-bond donors (Lipinski definition) is 2. The van der Waals surface area contributed by atoms with E-state index in [4.69, 9.17) is 0 Å². The standard InChI is InChI=1S/C20H23N5O3S/c1-13-11-14(12-15-18(13)22-19(26)20(15,2)3)29(27,28)21-9-6-8-17-24-23-16-7-4-5-10-25(16)17/h4-5,7,10-12,21H,6,8-9H2,1-3H3,(H,22,26). The molecular formula is C20H23N5O3S. The minimum atomic E-state index is -3.69. The highest BCUT2D eigenvalue weighted by Gasteiger charge is 2.40. The Kier molecular flexibility index (Phi) is 4.66. The van der Waals surface area contributed by atoms with Gasteiger partial charge in [-0.3, -0.25) is 9.20 Å². The fourth-order valence-electron chi connectivity index (χ4n) is 3.56. The number of rotatable bonds is 6.